The summed E-state index contributed by atoms with van der Waals surface area (Å²) in [7, 11) is 0. The lowest BCUT2D eigenvalue weighted by molar-refractivity contribution is -0.120. The molecule has 3 rings (SSSR count). The fraction of sp³-hybridized carbons (Fsp3) is 0.312. The second-order valence-electron chi connectivity index (χ2n) is 5.28. The summed E-state index contributed by atoms with van der Waals surface area (Å²) in [4.78, 5) is 30.4. The van der Waals surface area contributed by atoms with Crippen molar-refractivity contribution in [1.82, 2.24) is 4.98 Å². The maximum absolute atomic E-state index is 12.5. The van der Waals surface area contributed by atoms with Crippen LogP contribution in [0.15, 0.2) is 29.0 Å². The van der Waals surface area contributed by atoms with E-state index >= 15 is 0 Å². The summed E-state index contributed by atoms with van der Waals surface area (Å²) in [5.74, 6) is -1.47. The van der Waals surface area contributed by atoms with Gasteiger partial charge in [0.1, 0.15) is 11.6 Å². The molecule has 7 heteroatoms. The molecule has 0 radical (unpaired) electrons. The Morgan fingerprint density at radius 1 is 1.48 bits per heavy atom. The number of amides is 1. The molecule has 2 aromatic rings. The third-order valence-corrected chi connectivity index (χ3v) is 4.46. The van der Waals surface area contributed by atoms with E-state index in [0.717, 1.165) is 5.56 Å². The van der Waals surface area contributed by atoms with E-state index in [0.29, 0.717) is 24.7 Å². The minimum Gasteiger partial charge on any atom is -0.478 e. The van der Waals surface area contributed by atoms with Gasteiger partial charge in [0.05, 0.1) is 12.3 Å². The number of carbonyl (C=O) groups excluding carboxylic acids is 2. The lowest BCUT2D eigenvalue weighted by atomic mass is 9.93. The van der Waals surface area contributed by atoms with E-state index in [1.807, 2.05) is 34.7 Å². The number of thiophene rings is 1. The molecular formula is C16H17N3O3S. The molecule has 0 bridgehead atoms. The van der Waals surface area contributed by atoms with Crippen LogP contribution in [0.5, 0.6) is 5.88 Å². The molecule has 6 nitrogen and oxygen atoms in total. The monoisotopic (exact) mass is 331 g/mol. The van der Waals surface area contributed by atoms with Crippen LogP contribution in [0.4, 0.5) is 5.69 Å². The van der Waals surface area contributed by atoms with Gasteiger partial charge in [0, 0.05) is 19.2 Å². The Labute approximate surface area is 137 Å². The standard InChI is InChI=1S/C16H17N3O3S/c1-2-22-13-4-3-12-14(18-13)15(20)11(16(17)21)8-19(12)7-10-5-6-23-9-10/h3-6,9,11H,2,7-8H2,1H3,(H2,17,21). The van der Waals surface area contributed by atoms with Crippen LogP contribution in [0.1, 0.15) is 23.0 Å². The van der Waals surface area contributed by atoms with Crippen molar-refractivity contribution in [3.63, 3.8) is 0 Å². The molecule has 2 N–H and O–H groups in total. The van der Waals surface area contributed by atoms with Gasteiger partial charge >= 0.3 is 0 Å². The average molecular weight is 331 g/mol. The molecule has 0 aliphatic carbocycles. The first-order valence-corrected chi connectivity index (χ1v) is 8.27. The Morgan fingerprint density at radius 2 is 2.30 bits per heavy atom. The number of rotatable bonds is 5. The number of nitrogens with two attached hydrogens (primary N) is 1. The number of pyridine rings is 1. The van der Waals surface area contributed by atoms with Crippen molar-refractivity contribution in [2.24, 2.45) is 11.7 Å². The summed E-state index contributed by atoms with van der Waals surface area (Å²) in [6.07, 6.45) is 0. The number of aromatic nitrogens is 1. The van der Waals surface area contributed by atoms with Crippen LogP contribution in [0.2, 0.25) is 0 Å². The zero-order valence-corrected chi connectivity index (χ0v) is 13.5. The summed E-state index contributed by atoms with van der Waals surface area (Å²) in [5.41, 5.74) is 7.48. The third kappa shape index (κ3) is 3.05. The molecular weight excluding hydrogens is 314 g/mol. The topological polar surface area (TPSA) is 85.5 Å². The molecule has 1 amide bonds. The van der Waals surface area contributed by atoms with Gasteiger partial charge in [-0.15, -0.1) is 0 Å². The lowest BCUT2D eigenvalue weighted by Crippen LogP contribution is -2.45. The van der Waals surface area contributed by atoms with Crippen molar-refractivity contribution in [2.75, 3.05) is 18.1 Å². The van der Waals surface area contributed by atoms with Crippen LogP contribution in [0, 0.1) is 5.92 Å². The van der Waals surface area contributed by atoms with Crippen molar-refractivity contribution in [3.8, 4) is 5.88 Å². The molecule has 1 unspecified atom stereocenters. The van der Waals surface area contributed by atoms with Crippen LogP contribution < -0.4 is 15.4 Å². The van der Waals surface area contributed by atoms with E-state index in [1.165, 1.54) is 0 Å². The van der Waals surface area contributed by atoms with E-state index in [4.69, 9.17) is 10.5 Å². The second kappa shape index (κ2) is 6.37. The Hall–Kier alpha value is -2.41. The predicted molar refractivity (Wildman–Crippen MR) is 87.8 cm³/mol. The molecule has 0 saturated heterocycles. The summed E-state index contributed by atoms with van der Waals surface area (Å²) in [5, 5.41) is 4.03. The van der Waals surface area contributed by atoms with Crippen molar-refractivity contribution in [1.29, 1.82) is 0 Å². The number of hydrogen-bond acceptors (Lipinski definition) is 6. The number of anilines is 1. The van der Waals surface area contributed by atoms with Crippen molar-refractivity contribution in [3.05, 3.63) is 40.2 Å². The first kappa shape index (κ1) is 15.5. The highest BCUT2D eigenvalue weighted by molar-refractivity contribution is 7.07. The quantitative estimate of drug-likeness (QED) is 0.845. The highest BCUT2D eigenvalue weighted by Gasteiger charge is 2.36. The van der Waals surface area contributed by atoms with Gasteiger partial charge in [-0.05, 0) is 35.4 Å². The molecule has 0 saturated carbocycles. The van der Waals surface area contributed by atoms with Gasteiger partial charge in [-0.3, -0.25) is 9.59 Å². The van der Waals surface area contributed by atoms with Gasteiger partial charge in [-0.1, -0.05) is 0 Å². The number of carbonyl (C=O) groups is 2. The zero-order chi connectivity index (χ0) is 16.4. The number of ketones is 1. The largest absolute Gasteiger partial charge is 0.478 e. The van der Waals surface area contributed by atoms with Gasteiger partial charge in [-0.2, -0.15) is 11.3 Å². The summed E-state index contributed by atoms with van der Waals surface area (Å²) in [6, 6.07) is 5.57. The molecule has 0 fully saturated rings. The highest BCUT2D eigenvalue weighted by atomic mass is 32.1. The normalized spacial score (nSPS) is 17.0. The Kier molecular flexibility index (Phi) is 4.29. The zero-order valence-electron chi connectivity index (χ0n) is 12.7. The predicted octanol–water partition coefficient (Wildman–Crippen LogP) is 1.85. The number of nitrogens with zero attached hydrogens (tertiary/aromatic N) is 2. The van der Waals surface area contributed by atoms with Crippen LogP contribution in [0.3, 0.4) is 0 Å². The van der Waals surface area contributed by atoms with Crippen LogP contribution >= 0.6 is 11.3 Å². The SMILES string of the molecule is CCOc1ccc2c(n1)C(=O)C(C(N)=O)CN2Cc1ccsc1. The van der Waals surface area contributed by atoms with E-state index in [9.17, 15) is 9.59 Å². The maximum atomic E-state index is 12.5. The number of Topliss-reactive ketones (excluding diaryl/α,β-unsaturated/α-hetero) is 1. The van der Waals surface area contributed by atoms with Gasteiger partial charge < -0.3 is 15.4 Å². The molecule has 0 spiro atoms. The summed E-state index contributed by atoms with van der Waals surface area (Å²) >= 11 is 1.61. The van der Waals surface area contributed by atoms with Crippen LogP contribution in [-0.2, 0) is 11.3 Å². The molecule has 1 atom stereocenters. The van der Waals surface area contributed by atoms with Gasteiger partial charge in [-0.25, -0.2) is 4.98 Å². The van der Waals surface area contributed by atoms with Crippen molar-refractivity contribution in [2.45, 2.75) is 13.5 Å². The summed E-state index contributed by atoms with van der Waals surface area (Å²) in [6.45, 7) is 3.17. The number of fused-ring (bicyclic) bond motifs is 1. The Bertz CT molecular complexity index is 730. The third-order valence-electron chi connectivity index (χ3n) is 3.73. The molecule has 1 aliphatic heterocycles. The van der Waals surface area contributed by atoms with Crippen molar-refractivity contribution >= 4 is 28.7 Å². The fourth-order valence-electron chi connectivity index (χ4n) is 2.64. The van der Waals surface area contributed by atoms with E-state index < -0.39 is 11.8 Å². The van der Waals surface area contributed by atoms with Crippen LogP contribution in [-0.4, -0.2) is 29.8 Å². The lowest BCUT2D eigenvalue weighted by Gasteiger charge is -2.33. The maximum Gasteiger partial charge on any atom is 0.230 e. The first-order valence-electron chi connectivity index (χ1n) is 7.33. The number of primary amides is 1. The van der Waals surface area contributed by atoms with Crippen molar-refractivity contribution < 1.29 is 14.3 Å². The van der Waals surface area contributed by atoms with Crippen LogP contribution in [0.25, 0.3) is 0 Å². The number of ether oxygens (including phenoxy) is 1. The first-order chi connectivity index (χ1) is 11.1. The van der Waals surface area contributed by atoms with Gasteiger partial charge in [0.15, 0.2) is 5.78 Å². The molecule has 2 aromatic heterocycles. The highest BCUT2D eigenvalue weighted by Crippen LogP contribution is 2.31. The minimum absolute atomic E-state index is 0.251. The Balaban J connectivity index is 2.00. The summed E-state index contributed by atoms with van der Waals surface area (Å²) < 4.78 is 5.36. The molecule has 23 heavy (non-hydrogen) atoms. The smallest absolute Gasteiger partial charge is 0.230 e. The second-order valence-corrected chi connectivity index (χ2v) is 6.06. The average Bonchev–Trinajstić information content (AvgIpc) is 3.03. The van der Waals surface area contributed by atoms with Gasteiger partial charge in [0.2, 0.25) is 11.8 Å². The van der Waals surface area contributed by atoms with E-state index in [1.54, 1.807) is 17.4 Å². The van der Waals surface area contributed by atoms with E-state index in [2.05, 4.69) is 4.98 Å². The Morgan fingerprint density at radius 3 is 2.96 bits per heavy atom. The van der Waals surface area contributed by atoms with Gasteiger partial charge in [0.25, 0.3) is 0 Å². The number of hydrogen-bond donors (Lipinski definition) is 1. The molecule has 1 aliphatic rings. The van der Waals surface area contributed by atoms with E-state index in [-0.39, 0.29) is 18.0 Å². The fourth-order valence-corrected chi connectivity index (χ4v) is 3.30. The minimum atomic E-state index is -0.884. The molecule has 0 aromatic carbocycles. The molecule has 120 valence electrons. The molecule has 3 heterocycles.